The number of fused-ring (bicyclic) bond motifs is 1. The molecule has 7 heteroatoms. The Hall–Kier alpha value is -2.70. The van der Waals surface area contributed by atoms with Gasteiger partial charge in [-0.3, -0.25) is 14.9 Å². The number of para-hydroxylation sites is 1. The van der Waals surface area contributed by atoms with Gasteiger partial charge >= 0.3 is 0 Å². The average molecular weight is 271 g/mol. The van der Waals surface area contributed by atoms with Gasteiger partial charge in [0.05, 0.1) is 6.42 Å². The molecular weight excluding hydrogens is 258 g/mol. The van der Waals surface area contributed by atoms with Crippen LogP contribution in [-0.2, 0) is 9.59 Å². The fourth-order valence-electron chi connectivity index (χ4n) is 2.12. The summed E-state index contributed by atoms with van der Waals surface area (Å²) in [7, 11) is 0. The first-order valence-corrected chi connectivity index (χ1v) is 6.22. The Morgan fingerprint density at radius 2 is 2.15 bits per heavy atom. The summed E-state index contributed by atoms with van der Waals surface area (Å²) < 4.78 is 1.45. The third-order valence-electron chi connectivity index (χ3n) is 3.01. The summed E-state index contributed by atoms with van der Waals surface area (Å²) in [6, 6.07) is 8.41. The molecule has 0 fully saturated rings. The van der Waals surface area contributed by atoms with Gasteiger partial charge in [-0.15, -0.1) is 0 Å². The monoisotopic (exact) mass is 271 g/mol. The van der Waals surface area contributed by atoms with Gasteiger partial charge in [0.1, 0.15) is 11.9 Å². The number of aryl methyl sites for hydroxylation is 1. The lowest BCUT2D eigenvalue weighted by atomic mass is 10.1. The first kappa shape index (κ1) is 12.3. The van der Waals surface area contributed by atoms with Gasteiger partial charge in [-0.1, -0.05) is 18.2 Å². The third kappa shape index (κ3) is 2.25. The molecule has 2 amide bonds. The van der Waals surface area contributed by atoms with Crippen LogP contribution in [0, 0.1) is 6.92 Å². The number of nitrogens with one attached hydrogen (secondary N) is 2. The quantitative estimate of drug-likeness (QED) is 0.856. The highest BCUT2D eigenvalue weighted by atomic mass is 16.2. The zero-order chi connectivity index (χ0) is 14.1. The number of carbonyl (C=O) groups excluding carboxylic acids is 2. The second-order valence-electron chi connectivity index (χ2n) is 4.55. The van der Waals surface area contributed by atoms with Crippen molar-refractivity contribution in [3.63, 3.8) is 0 Å². The molecule has 2 N–H and O–H groups in total. The maximum absolute atomic E-state index is 12.3. The van der Waals surface area contributed by atoms with Crippen molar-refractivity contribution in [2.24, 2.45) is 0 Å². The molecule has 0 radical (unpaired) electrons. The SMILES string of the molecule is Cc1nc2n(n1)[C@@H](C(=O)Nc1ccccc1)CC(=O)N2. The minimum absolute atomic E-state index is 0.0501. The zero-order valence-corrected chi connectivity index (χ0v) is 10.8. The molecule has 0 spiro atoms. The van der Waals surface area contributed by atoms with Crippen molar-refractivity contribution in [2.75, 3.05) is 10.6 Å². The topological polar surface area (TPSA) is 88.9 Å². The first-order chi connectivity index (χ1) is 9.63. The van der Waals surface area contributed by atoms with Gasteiger partial charge in [0.15, 0.2) is 0 Å². The highest BCUT2D eigenvalue weighted by Gasteiger charge is 2.32. The number of anilines is 2. The van der Waals surface area contributed by atoms with Gasteiger partial charge in [-0.05, 0) is 19.1 Å². The van der Waals surface area contributed by atoms with Gasteiger partial charge in [-0.25, -0.2) is 4.68 Å². The number of aromatic nitrogens is 3. The van der Waals surface area contributed by atoms with Crippen LogP contribution in [0.5, 0.6) is 0 Å². The minimum atomic E-state index is -0.680. The van der Waals surface area contributed by atoms with Crippen LogP contribution in [-0.4, -0.2) is 26.6 Å². The van der Waals surface area contributed by atoms with E-state index in [1.807, 2.05) is 18.2 Å². The van der Waals surface area contributed by atoms with E-state index in [9.17, 15) is 9.59 Å². The van der Waals surface area contributed by atoms with Crippen molar-refractivity contribution in [3.05, 3.63) is 36.2 Å². The molecule has 1 atom stereocenters. The highest BCUT2D eigenvalue weighted by molar-refractivity contribution is 6.00. The molecule has 0 saturated carbocycles. The summed E-state index contributed by atoms with van der Waals surface area (Å²) in [6.45, 7) is 1.71. The predicted octanol–water partition coefficient (Wildman–Crippen LogP) is 1.11. The fourth-order valence-corrected chi connectivity index (χ4v) is 2.12. The first-order valence-electron chi connectivity index (χ1n) is 6.22. The van der Waals surface area contributed by atoms with E-state index >= 15 is 0 Å². The van der Waals surface area contributed by atoms with E-state index in [0.29, 0.717) is 17.5 Å². The molecule has 3 rings (SSSR count). The molecule has 1 aromatic heterocycles. The third-order valence-corrected chi connectivity index (χ3v) is 3.01. The Balaban J connectivity index is 1.86. The lowest BCUT2D eigenvalue weighted by molar-refractivity contribution is -0.125. The van der Waals surface area contributed by atoms with Gasteiger partial charge in [0, 0.05) is 5.69 Å². The van der Waals surface area contributed by atoms with E-state index in [1.165, 1.54) is 4.68 Å². The second-order valence-corrected chi connectivity index (χ2v) is 4.55. The number of carbonyl (C=O) groups is 2. The van der Waals surface area contributed by atoms with Crippen LogP contribution in [0.1, 0.15) is 18.3 Å². The van der Waals surface area contributed by atoms with E-state index in [1.54, 1.807) is 19.1 Å². The van der Waals surface area contributed by atoms with E-state index in [4.69, 9.17) is 0 Å². The van der Waals surface area contributed by atoms with Crippen molar-refractivity contribution < 1.29 is 9.59 Å². The van der Waals surface area contributed by atoms with Crippen LogP contribution in [0.15, 0.2) is 30.3 Å². The molecule has 0 bridgehead atoms. The summed E-state index contributed by atoms with van der Waals surface area (Å²) >= 11 is 0. The van der Waals surface area contributed by atoms with Crippen LogP contribution in [0.2, 0.25) is 0 Å². The Morgan fingerprint density at radius 1 is 1.40 bits per heavy atom. The molecule has 1 aromatic carbocycles. The molecule has 0 aliphatic carbocycles. The zero-order valence-electron chi connectivity index (χ0n) is 10.8. The molecule has 0 saturated heterocycles. The molecule has 0 unspecified atom stereocenters. The molecule has 1 aliphatic heterocycles. The van der Waals surface area contributed by atoms with Gasteiger partial charge < -0.3 is 5.32 Å². The van der Waals surface area contributed by atoms with Crippen molar-refractivity contribution in [1.82, 2.24) is 14.8 Å². The lowest BCUT2D eigenvalue weighted by Gasteiger charge is -2.22. The molecule has 2 heterocycles. The van der Waals surface area contributed by atoms with Gasteiger partial charge in [0.2, 0.25) is 17.8 Å². The van der Waals surface area contributed by atoms with Crippen molar-refractivity contribution in [3.8, 4) is 0 Å². The second kappa shape index (κ2) is 4.76. The summed E-state index contributed by atoms with van der Waals surface area (Å²) in [5.41, 5.74) is 0.682. The van der Waals surface area contributed by atoms with E-state index < -0.39 is 6.04 Å². The summed E-state index contributed by atoms with van der Waals surface area (Å²) in [5.74, 6) is 0.307. The minimum Gasteiger partial charge on any atom is -0.324 e. The van der Waals surface area contributed by atoms with Crippen LogP contribution in [0.4, 0.5) is 11.6 Å². The number of hydrogen-bond donors (Lipinski definition) is 2. The maximum atomic E-state index is 12.3. The number of nitrogens with zero attached hydrogens (tertiary/aromatic N) is 3. The van der Waals surface area contributed by atoms with Crippen LogP contribution >= 0.6 is 0 Å². The van der Waals surface area contributed by atoms with Crippen molar-refractivity contribution in [2.45, 2.75) is 19.4 Å². The van der Waals surface area contributed by atoms with Crippen molar-refractivity contribution >= 4 is 23.5 Å². The van der Waals surface area contributed by atoms with Gasteiger partial charge in [-0.2, -0.15) is 10.1 Å². The predicted molar refractivity (Wildman–Crippen MR) is 72.1 cm³/mol. The fraction of sp³-hybridized carbons (Fsp3) is 0.231. The van der Waals surface area contributed by atoms with E-state index in [2.05, 4.69) is 20.7 Å². The summed E-state index contributed by atoms with van der Waals surface area (Å²) in [5, 5.41) is 9.53. The molecule has 20 heavy (non-hydrogen) atoms. The van der Waals surface area contributed by atoms with Crippen molar-refractivity contribution in [1.29, 1.82) is 0 Å². The summed E-state index contributed by atoms with van der Waals surface area (Å²) in [4.78, 5) is 28.0. The Kier molecular flexibility index (Phi) is 2.94. The van der Waals surface area contributed by atoms with Crippen LogP contribution < -0.4 is 10.6 Å². The lowest BCUT2D eigenvalue weighted by Crippen LogP contribution is -2.36. The Morgan fingerprint density at radius 3 is 2.90 bits per heavy atom. The van der Waals surface area contributed by atoms with Crippen LogP contribution in [0.3, 0.4) is 0 Å². The standard InChI is InChI=1S/C13H13N5O2/c1-8-14-13-16-11(19)7-10(18(13)17-8)12(20)15-9-5-3-2-4-6-9/h2-6,10H,7H2,1H3,(H,15,20)(H,14,16,17,19)/t10-/m1/s1. The maximum Gasteiger partial charge on any atom is 0.249 e. The largest absolute Gasteiger partial charge is 0.324 e. The number of amides is 2. The molecule has 1 aliphatic rings. The molecular formula is C13H13N5O2. The Bertz CT molecular complexity index is 665. The Labute approximate surface area is 115 Å². The molecule has 102 valence electrons. The van der Waals surface area contributed by atoms with E-state index in [-0.39, 0.29) is 18.2 Å². The van der Waals surface area contributed by atoms with Crippen LogP contribution in [0.25, 0.3) is 0 Å². The number of rotatable bonds is 2. The molecule has 2 aromatic rings. The molecule has 7 nitrogen and oxygen atoms in total. The average Bonchev–Trinajstić information content (AvgIpc) is 2.78. The van der Waals surface area contributed by atoms with Gasteiger partial charge in [0.25, 0.3) is 0 Å². The number of hydrogen-bond acceptors (Lipinski definition) is 4. The number of benzene rings is 1. The normalized spacial score (nSPS) is 17.2. The summed E-state index contributed by atoms with van der Waals surface area (Å²) in [6.07, 6.45) is 0.0501. The smallest absolute Gasteiger partial charge is 0.249 e. The highest BCUT2D eigenvalue weighted by Crippen LogP contribution is 2.23. The van der Waals surface area contributed by atoms with E-state index in [0.717, 1.165) is 0 Å².